The fourth-order valence-corrected chi connectivity index (χ4v) is 4.73. The van der Waals surface area contributed by atoms with E-state index in [1.165, 1.54) is 39.8 Å². The van der Waals surface area contributed by atoms with Crippen LogP contribution in [0.4, 0.5) is 0 Å². The molecule has 0 nitrogen and oxygen atoms in total. The highest BCUT2D eigenvalue weighted by atomic mass is 14.2. The van der Waals surface area contributed by atoms with Crippen LogP contribution in [0.15, 0.2) is 72.8 Å². The lowest BCUT2D eigenvalue weighted by Crippen LogP contribution is -2.13. The number of hydrogen-bond acceptors (Lipinski definition) is 0. The van der Waals surface area contributed by atoms with Crippen molar-refractivity contribution in [3.8, 4) is 11.1 Å². The zero-order chi connectivity index (χ0) is 23.3. The van der Waals surface area contributed by atoms with Crippen molar-refractivity contribution in [3.05, 3.63) is 95.1 Å². The van der Waals surface area contributed by atoms with Crippen LogP contribution in [0, 0.1) is 11.8 Å². The lowest BCUT2D eigenvalue weighted by atomic mass is 9.80. The van der Waals surface area contributed by atoms with E-state index in [9.17, 15) is 0 Å². The lowest BCUT2D eigenvalue weighted by Gasteiger charge is -2.25. The maximum atomic E-state index is 2.41. The first-order valence-electron chi connectivity index (χ1n) is 12.5. The molecule has 170 valence electrons. The second-order valence-electron chi connectivity index (χ2n) is 10.7. The SMILES string of the molecule is CC(Cc1ccc(-c2ccc(C(C)C)cc2)cc1)CC(c1ccc(C(C)C)cc1)C(C)C. The van der Waals surface area contributed by atoms with Crippen molar-refractivity contribution in [2.45, 2.75) is 79.1 Å². The Kier molecular flexibility index (Phi) is 8.35. The lowest BCUT2D eigenvalue weighted by molar-refractivity contribution is 0.389. The first-order valence-corrected chi connectivity index (χ1v) is 12.5. The molecule has 0 aliphatic rings. The van der Waals surface area contributed by atoms with Gasteiger partial charge in [-0.1, -0.05) is 121 Å². The Hall–Kier alpha value is -2.34. The van der Waals surface area contributed by atoms with Gasteiger partial charge in [-0.25, -0.2) is 0 Å². The molecule has 0 aliphatic carbocycles. The van der Waals surface area contributed by atoms with Gasteiger partial charge in [-0.15, -0.1) is 0 Å². The van der Waals surface area contributed by atoms with Crippen molar-refractivity contribution in [1.29, 1.82) is 0 Å². The van der Waals surface area contributed by atoms with Crippen molar-refractivity contribution in [3.63, 3.8) is 0 Å². The minimum Gasteiger partial charge on any atom is -0.0622 e. The normalized spacial score (nSPS) is 13.7. The molecular formula is C32H42. The summed E-state index contributed by atoms with van der Waals surface area (Å²) in [6, 6.07) is 27.6. The first kappa shape index (κ1) is 24.3. The minimum absolute atomic E-state index is 0.579. The van der Waals surface area contributed by atoms with Crippen LogP contribution in [0.25, 0.3) is 11.1 Å². The number of hydrogen-bond donors (Lipinski definition) is 0. The zero-order valence-electron chi connectivity index (χ0n) is 21.2. The van der Waals surface area contributed by atoms with Gasteiger partial charge in [-0.3, -0.25) is 0 Å². The van der Waals surface area contributed by atoms with E-state index in [0.29, 0.717) is 29.6 Å². The molecule has 0 saturated carbocycles. The Morgan fingerprint density at radius 3 is 1.34 bits per heavy atom. The van der Waals surface area contributed by atoms with Crippen molar-refractivity contribution in [2.75, 3.05) is 0 Å². The molecule has 32 heavy (non-hydrogen) atoms. The smallest absolute Gasteiger partial charge is 0.0136 e. The highest BCUT2D eigenvalue weighted by Gasteiger charge is 2.19. The largest absolute Gasteiger partial charge is 0.0622 e. The Morgan fingerprint density at radius 1 is 0.500 bits per heavy atom. The molecule has 0 saturated heterocycles. The molecule has 0 fully saturated rings. The van der Waals surface area contributed by atoms with Crippen LogP contribution in [0.1, 0.15) is 94.9 Å². The Balaban J connectivity index is 1.64. The molecule has 0 aliphatic heterocycles. The maximum Gasteiger partial charge on any atom is -0.0136 e. The molecule has 0 spiro atoms. The van der Waals surface area contributed by atoms with Gasteiger partial charge in [0.05, 0.1) is 0 Å². The maximum absolute atomic E-state index is 2.41. The third-order valence-electron chi connectivity index (χ3n) is 6.94. The zero-order valence-corrected chi connectivity index (χ0v) is 21.2. The summed E-state index contributed by atoms with van der Waals surface area (Å²) in [7, 11) is 0. The Morgan fingerprint density at radius 2 is 0.906 bits per heavy atom. The first-order chi connectivity index (χ1) is 15.2. The van der Waals surface area contributed by atoms with Gasteiger partial charge in [0.25, 0.3) is 0 Å². The van der Waals surface area contributed by atoms with E-state index >= 15 is 0 Å². The van der Waals surface area contributed by atoms with Gasteiger partial charge in [-0.2, -0.15) is 0 Å². The van der Waals surface area contributed by atoms with E-state index in [1.807, 2.05) is 0 Å². The predicted molar refractivity (Wildman–Crippen MR) is 142 cm³/mol. The molecule has 0 bridgehead atoms. The Labute approximate surface area is 197 Å². The summed E-state index contributed by atoms with van der Waals surface area (Å²) in [5.74, 6) is 3.10. The number of rotatable bonds is 9. The van der Waals surface area contributed by atoms with Crippen molar-refractivity contribution in [2.24, 2.45) is 11.8 Å². The molecule has 0 aromatic heterocycles. The standard InChI is InChI=1S/C32H42/c1-22(2)27-12-16-30(17-13-27)29-10-8-26(9-11-29)20-25(7)21-32(24(5)6)31-18-14-28(15-19-31)23(3)4/h8-19,22-25,32H,20-21H2,1-7H3. The van der Waals surface area contributed by atoms with Crippen LogP contribution in [-0.2, 0) is 6.42 Å². The highest BCUT2D eigenvalue weighted by Crippen LogP contribution is 2.33. The third-order valence-corrected chi connectivity index (χ3v) is 6.94. The predicted octanol–water partition coefficient (Wildman–Crippen LogP) is 9.61. The van der Waals surface area contributed by atoms with Crippen LogP contribution >= 0.6 is 0 Å². The van der Waals surface area contributed by atoms with Gasteiger partial charge in [0, 0.05) is 0 Å². The van der Waals surface area contributed by atoms with E-state index in [1.54, 1.807) is 0 Å². The molecule has 3 aromatic rings. The van der Waals surface area contributed by atoms with Gasteiger partial charge in [0.1, 0.15) is 0 Å². The Bertz CT molecular complexity index is 940. The average Bonchev–Trinajstić information content (AvgIpc) is 2.78. The fourth-order valence-electron chi connectivity index (χ4n) is 4.73. The van der Waals surface area contributed by atoms with E-state index in [0.717, 1.165) is 6.42 Å². The summed E-state index contributed by atoms with van der Waals surface area (Å²) >= 11 is 0. The monoisotopic (exact) mass is 426 g/mol. The van der Waals surface area contributed by atoms with Crippen LogP contribution in [0.3, 0.4) is 0 Å². The minimum atomic E-state index is 0.579. The van der Waals surface area contributed by atoms with Crippen molar-refractivity contribution < 1.29 is 0 Å². The van der Waals surface area contributed by atoms with Gasteiger partial charge < -0.3 is 0 Å². The summed E-state index contributed by atoms with van der Waals surface area (Å²) in [6.07, 6.45) is 2.37. The molecule has 0 radical (unpaired) electrons. The summed E-state index contributed by atoms with van der Waals surface area (Å²) in [5, 5.41) is 0. The highest BCUT2D eigenvalue weighted by molar-refractivity contribution is 5.64. The van der Waals surface area contributed by atoms with E-state index < -0.39 is 0 Å². The van der Waals surface area contributed by atoms with Gasteiger partial charge >= 0.3 is 0 Å². The summed E-state index contributed by atoms with van der Waals surface area (Å²) in [6.45, 7) is 16.2. The molecule has 3 aromatic carbocycles. The molecule has 2 unspecified atom stereocenters. The molecule has 3 rings (SSSR count). The van der Waals surface area contributed by atoms with Crippen molar-refractivity contribution >= 4 is 0 Å². The molecule has 0 heteroatoms. The van der Waals surface area contributed by atoms with Crippen LogP contribution in [-0.4, -0.2) is 0 Å². The van der Waals surface area contributed by atoms with E-state index in [-0.39, 0.29) is 0 Å². The summed E-state index contributed by atoms with van der Waals surface area (Å²) in [5.41, 5.74) is 8.39. The summed E-state index contributed by atoms with van der Waals surface area (Å²) < 4.78 is 0. The second kappa shape index (κ2) is 11.0. The molecular weight excluding hydrogens is 384 g/mol. The second-order valence-corrected chi connectivity index (χ2v) is 10.7. The molecule has 0 N–H and O–H groups in total. The van der Waals surface area contributed by atoms with Crippen LogP contribution in [0.5, 0.6) is 0 Å². The van der Waals surface area contributed by atoms with Gasteiger partial charge in [0.15, 0.2) is 0 Å². The van der Waals surface area contributed by atoms with Crippen LogP contribution in [0.2, 0.25) is 0 Å². The topological polar surface area (TPSA) is 0 Å². The fraction of sp³-hybridized carbons (Fsp3) is 0.438. The van der Waals surface area contributed by atoms with Crippen LogP contribution < -0.4 is 0 Å². The third kappa shape index (κ3) is 6.35. The summed E-state index contributed by atoms with van der Waals surface area (Å²) in [4.78, 5) is 0. The van der Waals surface area contributed by atoms with Gasteiger partial charge in [0.2, 0.25) is 0 Å². The van der Waals surface area contributed by atoms with Crippen molar-refractivity contribution in [1.82, 2.24) is 0 Å². The molecule has 0 heterocycles. The van der Waals surface area contributed by atoms with E-state index in [2.05, 4.69) is 121 Å². The quantitative estimate of drug-likeness (QED) is 0.319. The molecule has 0 amide bonds. The average molecular weight is 427 g/mol. The van der Waals surface area contributed by atoms with E-state index in [4.69, 9.17) is 0 Å². The van der Waals surface area contributed by atoms with Gasteiger partial charge in [-0.05, 0) is 75.8 Å². The molecule has 2 atom stereocenters. The number of benzene rings is 3.